The highest BCUT2D eigenvalue weighted by Crippen LogP contribution is 2.24. The van der Waals surface area contributed by atoms with Crippen LogP contribution < -0.4 is 0 Å². The van der Waals surface area contributed by atoms with Gasteiger partial charge in [0.1, 0.15) is 0 Å². The Bertz CT molecular complexity index is 160. The molecule has 1 heterocycles. The zero-order chi connectivity index (χ0) is 9.73. The molecule has 0 N–H and O–H groups in total. The van der Waals surface area contributed by atoms with Gasteiger partial charge in [-0.3, -0.25) is 0 Å². The van der Waals surface area contributed by atoms with Crippen molar-refractivity contribution in [2.24, 2.45) is 5.41 Å². The smallest absolute Gasteiger partial charge is 0.154 e. The highest BCUT2D eigenvalue weighted by atomic mass is 16.7. The summed E-state index contributed by atoms with van der Waals surface area (Å²) in [6, 6.07) is 0. The molecule has 13 heavy (non-hydrogen) atoms. The minimum Gasteiger partial charge on any atom is -0.377 e. The largest absolute Gasteiger partial charge is 0.377 e. The molecule has 0 bridgehead atoms. The highest BCUT2D eigenvalue weighted by molar-refractivity contribution is 4.77. The minimum atomic E-state index is -0.0764. The van der Waals surface area contributed by atoms with Gasteiger partial charge < -0.3 is 14.2 Å². The second kappa shape index (κ2) is 4.74. The van der Waals surface area contributed by atoms with Gasteiger partial charge in [-0.05, 0) is 6.92 Å². The molecule has 1 aliphatic rings. The van der Waals surface area contributed by atoms with Crippen LogP contribution in [-0.4, -0.2) is 32.7 Å². The first kappa shape index (κ1) is 10.7. The number of ether oxygens (including phenoxy) is 3. The number of hydrogen-bond acceptors (Lipinski definition) is 3. The van der Waals surface area contributed by atoms with E-state index in [0.717, 1.165) is 0 Å². The van der Waals surface area contributed by atoms with E-state index in [-0.39, 0.29) is 11.7 Å². The average Bonchev–Trinajstić information content (AvgIpc) is 2.12. The summed E-state index contributed by atoms with van der Waals surface area (Å²) in [4.78, 5) is 0. The molecule has 0 saturated carbocycles. The summed E-state index contributed by atoms with van der Waals surface area (Å²) < 4.78 is 16.2. The Kier molecular flexibility index (Phi) is 3.90. The van der Waals surface area contributed by atoms with Crippen LogP contribution in [-0.2, 0) is 14.2 Å². The van der Waals surface area contributed by atoms with Gasteiger partial charge in [0, 0.05) is 5.41 Å². The zero-order valence-corrected chi connectivity index (χ0v) is 8.41. The fourth-order valence-electron chi connectivity index (χ4n) is 1.20. The Balaban J connectivity index is 2.25. The van der Waals surface area contributed by atoms with E-state index in [2.05, 4.69) is 13.5 Å². The zero-order valence-electron chi connectivity index (χ0n) is 8.41. The first-order valence-electron chi connectivity index (χ1n) is 4.58. The van der Waals surface area contributed by atoms with Crippen molar-refractivity contribution in [1.29, 1.82) is 0 Å². The van der Waals surface area contributed by atoms with E-state index in [1.165, 1.54) is 0 Å². The second-order valence-electron chi connectivity index (χ2n) is 3.80. The van der Waals surface area contributed by atoms with Crippen molar-refractivity contribution in [1.82, 2.24) is 0 Å². The number of hydrogen-bond donors (Lipinski definition) is 0. The van der Waals surface area contributed by atoms with Crippen molar-refractivity contribution in [3.8, 4) is 0 Å². The van der Waals surface area contributed by atoms with Crippen LogP contribution in [0.3, 0.4) is 0 Å². The fourth-order valence-corrected chi connectivity index (χ4v) is 1.20. The van der Waals surface area contributed by atoms with Crippen LogP contribution in [0.2, 0.25) is 0 Å². The molecule has 0 aromatic heterocycles. The summed E-state index contributed by atoms with van der Waals surface area (Å²) in [6.07, 6.45) is 1.67. The molecule has 3 nitrogen and oxygen atoms in total. The molecule has 0 amide bonds. The highest BCUT2D eigenvalue weighted by Gasteiger charge is 2.31. The monoisotopic (exact) mass is 186 g/mol. The van der Waals surface area contributed by atoms with Crippen LogP contribution in [0.5, 0.6) is 0 Å². The van der Waals surface area contributed by atoms with Gasteiger partial charge in [-0.25, -0.2) is 0 Å². The fraction of sp³-hybridized carbons (Fsp3) is 0.800. The van der Waals surface area contributed by atoms with E-state index < -0.39 is 0 Å². The van der Waals surface area contributed by atoms with Crippen LogP contribution >= 0.6 is 0 Å². The Hall–Kier alpha value is -0.380. The van der Waals surface area contributed by atoms with Gasteiger partial charge >= 0.3 is 0 Å². The molecule has 3 heteroatoms. The van der Waals surface area contributed by atoms with E-state index >= 15 is 0 Å². The van der Waals surface area contributed by atoms with E-state index in [1.807, 2.05) is 6.92 Å². The van der Waals surface area contributed by atoms with Crippen molar-refractivity contribution in [3.05, 3.63) is 12.7 Å². The van der Waals surface area contributed by atoms with Crippen LogP contribution in [0.1, 0.15) is 13.8 Å². The lowest BCUT2D eigenvalue weighted by Crippen LogP contribution is -2.41. The molecule has 0 aromatic rings. The van der Waals surface area contributed by atoms with Gasteiger partial charge in [-0.15, -0.1) is 6.58 Å². The molecular weight excluding hydrogens is 168 g/mol. The molecule has 0 spiro atoms. The van der Waals surface area contributed by atoms with Gasteiger partial charge in [0.15, 0.2) is 6.29 Å². The predicted octanol–water partition coefficient (Wildman–Crippen LogP) is 1.59. The third-order valence-electron chi connectivity index (χ3n) is 2.02. The number of rotatable bonds is 4. The van der Waals surface area contributed by atoms with E-state index in [4.69, 9.17) is 14.2 Å². The maximum Gasteiger partial charge on any atom is 0.154 e. The van der Waals surface area contributed by atoms with Gasteiger partial charge in [0.25, 0.3) is 0 Å². The molecule has 0 unspecified atom stereocenters. The minimum absolute atomic E-state index is 0.00444. The van der Waals surface area contributed by atoms with Crippen LogP contribution in [0, 0.1) is 5.41 Å². The second-order valence-corrected chi connectivity index (χ2v) is 3.80. The first-order chi connectivity index (χ1) is 6.16. The summed E-state index contributed by atoms with van der Waals surface area (Å²) in [5.41, 5.74) is -0.00444. The standard InChI is InChI=1S/C10H18O3/c1-4-5-11-6-10(3)7-12-9(2)13-8-10/h4,9H,1,5-8H2,2-3H3. The average molecular weight is 186 g/mol. The SMILES string of the molecule is C=CCOCC1(C)COC(C)OC1. The maximum atomic E-state index is 5.40. The molecule has 0 aliphatic carbocycles. The maximum absolute atomic E-state index is 5.40. The van der Waals surface area contributed by atoms with E-state index in [1.54, 1.807) is 6.08 Å². The van der Waals surface area contributed by atoms with E-state index in [0.29, 0.717) is 26.4 Å². The lowest BCUT2D eigenvalue weighted by Gasteiger charge is -2.35. The van der Waals surface area contributed by atoms with Gasteiger partial charge in [0.2, 0.25) is 0 Å². The van der Waals surface area contributed by atoms with Gasteiger partial charge in [0.05, 0.1) is 26.4 Å². The molecule has 1 fully saturated rings. The summed E-state index contributed by atoms with van der Waals surface area (Å²) in [6.45, 7) is 10.2. The Morgan fingerprint density at radius 2 is 2.15 bits per heavy atom. The first-order valence-corrected chi connectivity index (χ1v) is 4.58. The molecule has 1 rings (SSSR count). The normalized spacial score (nSPS) is 34.5. The lowest BCUT2D eigenvalue weighted by molar-refractivity contribution is -0.226. The van der Waals surface area contributed by atoms with Crippen molar-refractivity contribution in [2.75, 3.05) is 26.4 Å². The third-order valence-corrected chi connectivity index (χ3v) is 2.02. The molecule has 1 saturated heterocycles. The van der Waals surface area contributed by atoms with Crippen molar-refractivity contribution in [2.45, 2.75) is 20.1 Å². The van der Waals surface area contributed by atoms with E-state index in [9.17, 15) is 0 Å². The summed E-state index contributed by atoms with van der Waals surface area (Å²) in [5, 5.41) is 0. The molecule has 0 aromatic carbocycles. The van der Waals surface area contributed by atoms with Crippen molar-refractivity contribution >= 4 is 0 Å². The summed E-state index contributed by atoms with van der Waals surface area (Å²) >= 11 is 0. The lowest BCUT2D eigenvalue weighted by atomic mass is 9.93. The Labute approximate surface area is 79.7 Å². The van der Waals surface area contributed by atoms with Crippen molar-refractivity contribution in [3.63, 3.8) is 0 Å². The molecule has 0 atom stereocenters. The topological polar surface area (TPSA) is 27.7 Å². The summed E-state index contributed by atoms with van der Waals surface area (Å²) in [7, 11) is 0. The quantitative estimate of drug-likeness (QED) is 0.493. The molecule has 0 radical (unpaired) electrons. The Morgan fingerprint density at radius 3 is 2.69 bits per heavy atom. The van der Waals surface area contributed by atoms with Crippen LogP contribution in [0.25, 0.3) is 0 Å². The molecular formula is C10H18O3. The molecule has 1 aliphatic heterocycles. The Morgan fingerprint density at radius 1 is 1.54 bits per heavy atom. The molecule has 76 valence electrons. The van der Waals surface area contributed by atoms with Crippen LogP contribution in [0.15, 0.2) is 12.7 Å². The predicted molar refractivity (Wildman–Crippen MR) is 50.5 cm³/mol. The third kappa shape index (κ3) is 3.46. The van der Waals surface area contributed by atoms with Crippen LogP contribution in [0.4, 0.5) is 0 Å². The summed E-state index contributed by atoms with van der Waals surface area (Å²) in [5.74, 6) is 0. The van der Waals surface area contributed by atoms with Gasteiger partial charge in [-0.2, -0.15) is 0 Å². The van der Waals surface area contributed by atoms with Crippen molar-refractivity contribution < 1.29 is 14.2 Å². The van der Waals surface area contributed by atoms with Gasteiger partial charge in [-0.1, -0.05) is 13.0 Å².